The summed E-state index contributed by atoms with van der Waals surface area (Å²) in [5.74, 6) is 0.845. The van der Waals surface area contributed by atoms with Gasteiger partial charge >= 0.3 is 6.09 Å². The zero-order valence-corrected chi connectivity index (χ0v) is 26.4. The Labute approximate surface area is 268 Å². The van der Waals surface area contributed by atoms with Crippen molar-refractivity contribution in [1.82, 2.24) is 4.90 Å². The topological polar surface area (TPSA) is 66.5 Å². The number of hydrogen-bond acceptors (Lipinski definition) is 6. The van der Waals surface area contributed by atoms with Crippen molar-refractivity contribution < 1.29 is 28.5 Å². The van der Waals surface area contributed by atoms with Gasteiger partial charge in [0.2, 0.25) is 3.79 Å². The molecule has 0 saturated carbocycles. The van der Waals surface area contributed by atoms with Gasteiger partial charge < -0.3 is 28.6 Å². The third kappa shape index (κ3) is 9.87. The summed E-state index contributed by atoms with van der Waals surface area (Å²) in [4.78, 5) is 14.4. The lowest BCUT2D eigenvalue weighted by atomic mass is 9.87. The molecule has 0 aromatic heterocycles. The summed E-state index contributed by atoms with van der Waals surface area (Å²) in [6, 6.07) is 22.7. The Hall–Kier alpha value is -2.26. The number of piperidine rings is 1. The van der Waals surface area contributed by atoms with Crippen LogP contribution in [-0.2, 0) is 25.6 Å². The van der Waals surface area contributed by atoms with E-state index in [2.05, 4.69) is 42.5 Å². The molecular weight excluding hydrogens is 613 g/mol. The van der Waals surface area contributed by atoms with Crippen molar-refractivity contribution in [2.45, 2.75) is 60.8 Å². The number of rotatable bonds is 11. The molecule has 10 heteroatoms. The molecule has 1 amide bonds. The van der Waals surface area contributed by atoms with Crippen LogP contribution < -0.4 is 4.74 Å². The van der Waals surface area contributed by atoms with Gasteiger partial charge in [-0.25, -0.2) is 4.79 Å². The van der Waals surface area contributed by atoms with Crippen molar-refractivity contribution >= 4 is 51.7 Å². The van der Waals surface area contributed by atoms with Crippen molar-refractivity contribution in [3.8, 4) is 5.75 Å². The highest BCUT2D eigenvalue weighted by molar-refractivity contribution is 6.67. The number of benzene rings is 3. The van der Waals surface area contributed by atoms with Crippen LogP contribution in [0.1, 0.15) is 49.1 Å². The molecule has 232 valence electrons. The van der Waals surface area contributed by atoms with Gasteiger partial charge in [0, 0.05) is 25.5 Å². The number of nitrogens with zero attached hydrogens (tertiary/aromatic N) is 1. The highest BCUT2D eigenvalue weighted by Gasteiger charge is 2.35. The van der Waals surface area contributed by atoms with E-state index in [1.165, 1.54) is 5.39 Å². The molecule has 0 N–H and O–H groups in total. The Morgan fingerprint density at radius 2 is 1.79 bits per heavy atom. The van der Waals surface area contributed by atoms with Crippen LogP contribution in [0.25, 0.3) is 10.8 Å². The van der Waals surface area contributed by atoms with E-state index in [1.54, 1.807) is 4.90 Å². The van der Waals surface area contributed by atoms with E-state index in [9.17, 15) is 4.79 Å². The van der Waals surface area contributed by atoms with Crippen LogP contribution in [0.15, 0.2) is 66.7 Å². The predicted molar refractivity (Wildman–Crippen MR) is 169 cm³/mol. The van der Waals surface area contributed by atoms with Crippen molar-refractivity contribution in [2.75, 3.05) is 39.5 Å². The SMILES string of the molecule is O=C(OCC(Cl)(Cl)Cl)N1CCC(c2cccc(OCCCOC3CCCCO3)c2)C(OCc2ccc3ccccc3c2)C1. The third-order valence-corrected chi connectivity index (χ3v) is 8.07. The zero-order valence-electron chi connectivity index (χ0n) is 24.1. The first-order chi connectivity index (χ1) is 20.8. The van der Waals surface area contributed by atoms with E-state index in [0.717, 1.165) is 54.6 Å². The number of carbonyl (C=O) groups is 1. The third-order valence-electron chi connectivity index (χ3n) is 7.74. The molecule has 0 aliphatic carbocycles. The Morgan fingerprint density at radius 1 is 0.930 bits per heavy atom. The molecule has 2 saturated heterocycles. The number of carbonyl (C=O) groups excluding carboxylic acids is 1. The van der Waals surface area contributed by atoms with E-state index in [4.69, 9.17) is 58.5 Å². The lowest BCUT2D eigenvalue weighted by molar-refractivity contribution is -0.163. The predicted octanol–water partition coefficient (Wildman–Crippen LogP) is 8.03. The van der Waals surface area contributed by atoms with Crippen molar-refractivity contribution in [2.24, 2.45) is 0 Å². The molecule has 3 atom stereocenters. The molecule has 5 rings (SSSR count). The molecule has 3 aromatic carbocycles. The first kappa shape index (κ1) is 32.1. The fourth-order valence-electron chi connectivity index (χ4n) is 5.54. The monoisotopic (exact) mass is 649 g/mol. The summed E-state index contributed by atoms with van der Waals surface area (Å²) in [7, 11) is 0. The highest BCUT2D eigenvalue weighted by Crippen LogP contribution is 2.34. The molecule has 0 radical (unpaired) electrons. The smallest absolute Gasteiger partial charge is 0.409 e. The van der Waals surface area contributed by atoms with E-state index in [1.807, 2.05) is 24.3 Å². The normalized spacial score (nSPS) is 21.1. The minimum atomic E-state index is -1.67. The molecule has 43 heavy (non-hydrogen) atoms. The quantitative estimate of drug-likeness (QED) is 0.155. The maximum absolute atomic E-state index is 12.8. The van der Waals surface area contributed by atoms with Gasteiger partial charge in [0.05, 0.1) is 32.5 Å². The van der Waals surface area contributed by atoms with Crippen LogP contribution >= 0.6 is 34.8 Å². The van der Waals surface area contributed by atoms with E-state index in [0.29, 0.717) is 39.3 Å². The van der Waals surface area contributed by atoms with E-state index >= 15 is 0 Å². The molecule has 2 heterocycles. The summed E-state index contributed by atoms with van der Waals surface area (Å²) in [6.45, 7) is 2.85. The van der Waals surface area contributed by atoms with Gasteiger partial charge in [-0.15, -0.1) is 0 Å². The van der Waals surface area contributed by atoms with E-state index in [-0.39, 0.29) is 24.9 Å². The van der Waals surface area contributed by atoms with Crippen LogP contribution in [0.5, 0.6) is 5.75 Å². The number of hydrogen-bond donors (Lipinski definition) is 0. The zero-order chi connectivity index (χ0) is 30.1. The second kappa shape index (κ2) is 15.6. The Balaban J connectivity index is 1.22. The van der Waals surface area contributed by atoms with Crippen LogP contribution in [-0.4, -0.2) is 66.7 Å². The number of likely N-dealkylation sites (tertiary alicyclic amines) is 1. The summed E-state index contributed by atoms with van der Waals surface area (Å²) in [6.07, 6.45) is 3.78. The molecule has 3 unspecified atom stereocenters. The van der Waals surface area contributed by atoms with Crippen LogP contribution in [0.3, 0.4) is 0 Å². The summed E-state index contributed by atoms with van der Waals surface area (Å²) >= 11 is 17.4. The van der Waals surface area contributed by atoms with Crippen molar-refractivity contribution in [1.29, 1.82) is 0 Å². The lowest BCUT2D eigenvalue weighted by Crippen LogP contribution is -2.47. The van der Waals surface area contributed by atoms with Gasteiger partial charge in [-0.3, -0.25) is 0 Å². The minimum Gasteiger partial charge on any atom is -0.493 e. The van der Waals surface area contributed by atoms with Gasteiger partial charge in [-0.1, -0.05) is 83.3 Å². The fraction of sp³-hybridized carbons (Fsp3) is 0.485. The van der Waals surface area contributed by atoms with Gasteiger partial charge in [0.15, 0.2) is 6.29 Å². The Bertz CT molecular complexity index is 1330. The molecule has 2 aliphatic rings. The molecule has 7 nitrogen and oxygen atoms in total. The van der Waals surface area contributed by atoms with Crippen molar-refractivity contribution in [3.05, 3.63) is 77.9 Å². The molecule has 0 spiro atoms. The van der Waals surface area contributed by atoms with Crippen LogP contribution in [0.2, 0.25) is 0 Å². The maximum atomic E-state index is 12.8. The maximum Gasteiger partial charge on any atom is 0.409 e. The Kier molecular flexibility index (Phi) is 11.7. The first-order valence-corrected chi connectivity index (χ1v) is 16.0. The van der Waals surface area contributed by atoms with Gasteiger partial charge in [-0.05, 0) is 65.8 Å². The largest absolute Gasteiger partial charge is 0.493 e. The van der Waals surface area contributed by atoms with Gasteiger partial charge in [0.25, 0.3) is 0 Å². The lowest BCUT2D eigenvalue weighted by Gasteiger charge is -2.38. The van der Waals surface area contributed by atoms with Gasteiger partial charge in [0.1, 0.15) is 12.4 Å². The Morgan fingerprint density at radius 3 is 2.60 bits per heavy atom. The van der Waals surface area contributed by atoms with Gasteiger partial charge in [-0.2, -0.15) is 0 Å². The average Bonchev–Trinajstić information content (AvgIpc) is 3.02. The highest BCUT2D eigenvalue weighted by atomic mass is 35.6. The second-order valence-electron chi connectivity index (χ2n) is 11.0. The molecular formula is C33H38Cl3NO6. The fourth-order valence-corrected chi connectivity index (χ4v) is 5.70. The summed E-state index contributed by atoms with van der Waals surface area (Å²) in [5, 5.41) is 2.33. The molecule has 2 aliphatic heterocycles. The standard InChI is InChI=1S/C33H38Cl3NO6/c34-33(35,36)23-43-32(38)37-15-14-29(30(21-37)42-22-24-12-13-25-7-1-2-8-26(25)19-24)27-9-5-10-28(20-27)39-17-6-18-41-31-11-3-4-16-40-31/h1-2,5,7-10,12-13,19-20,29-31H,3-4,6,11,14-18,21-23H2. The van der Waals surface area contributed by atoms with Crippen molar-refractivity contribution in [3.63, 3.8) is 0 Å². The average molecular weight is 651 g/mol. The molecule has 2 fully saturated rings. The van der Waals surface area contributed by atoms with Crippen LogP contribution in [0, 0.1) is 0 Å². The second-order valence-corrected chi connectivity index (χ2v) is 13.5. The van der Waals surface area contributed by atoms with Crippen LogP contribution in [0.4, 0.5) is 4.79 Å². The number of amides is 1. The number of fused-ring (bicyclic) bond motifs is 1. The number of ether oxygens (including phenoxy) is 5. The number of alkyl halides is 3. The molecule has 0 bridgehead atoms. The first-order valence-electron chi connectivity index (χ1n) is 14.9. The minimum absolute atomic E-state index is 0.0491. The molecule has 3 aromatic rings. The van der Waals surface area contributed by atoms with E-state index < -0.39 is 9.89 Å². The summed E-state index contributed by atoms with van der Waals surface area (Å²) < 4.78 is 27.6. The number of halogens is 3. The summed E-state index contributed by atoms with van der Waals surface area (Å²) in [5.41, 5.74) is 2.16.